The van der Waals surface area contributed by atoms with E-state index in [1.165, 1.54) is 85.9 Å². The largest absolute Gasteiger partial charge is 0.481 e. The molecule has 0 saturated carbocycles. The van der Waals surface area contributed by atoms with Crippen LogP contribution in [0, 0.1) is 13.8 Å². The van der Waals surface area contributed by atoms with Gasteiger partial charge in [-0.3, -0.25) is 28.8 Å². The Morgan fingerprint density at radius 2 is 0.802 bits per heavy atom. The molecule has 656 valence electrons. The van der Waals surface area contributed by atoms with Crippen LogP contribution >= 0.6 is 35.1 Å². The lowest BCUT2D eigenvalue weighted by Gasteiger charge is -2.19. The Hall–Kier alpha value is -9.90. The van der Waals surface area contributed by atoms with Crippen molar-refractivity contribution in [3.05, 3.63) is 246 Å². The van der Waals surface area contributed by atoms with Crippen molar-refractivity contribution in [3.8, 4) is 0 Å². The number of rotatable bonds is 34. The van der Waals surface area contributed by atoms with Crippen LogP contribution in [0.4, 0.5) is 0 Å². The van der Waals surface area contributed by atoms with Gasteiger partial charge in [0.15, 0.2) is 68.9 Å². The molecule has 0 radical (unpaired) electrons. The van der Waals surface area contributed by atoms with Crippen molar-refractivity contribution in [3.63, 3.8) is 0 Å². The highest BCUT2D eigenvalue weighted by Gasteiger charge is 2.27. The first-order valence-corrected chi connectivity index (χ1v) is 50.2. The Balaban J connectivity index is 0.000000366. The van der Waals surface area contributed by atoms with Crippen molar-refractivity contribution in [1.82, 2.24) is 4.98 Å². The number of carboxylic acids is 7. The van der Waals surface area contributed by atoms with Crippen molar-refractivity contribution >= 4 is 157 Å². The molecule has 0 bridgehead atoms. The van der Waals surface area contributed by atoms with Crippen LogP contribution in [0.25, 0.3) is 10.8 Å². The monoisotopic (exact) mass is 1860 g/mol. The molecule has 0 aliphatic carbocycles. The second-order valence-electron chi connectivity index (χ2n) is 27.1. The molecule has 0 aliphatic heterocycles. The Kier molecular flexibility index (Phi) is 43.4. The standard InChI is InChI=1S/C14H13NO4S2.C14H14O4S.C13H18O4S.C11H14O4S.C10H11ClO4S.C10H12O4S2.C10H12O4S/c16-14(17)12-7-4-8-15-13(12)20-9-10-21(18,19)11-5-2-1-3-6-11;15-14(16)6-3-9-19(17,18)13-8-7-11-4-1-2-5-12(11)10-13;1-13(2,3)10-4-6-11(7-5-10)18(16,17)9-8-12(14)15;1-8-3-4-9(2)10(7-8)16(14,15)6-5-11(12)13;1-7(6-10(12)13)16(14,15)9-4-2-8(11)3-5-9;11-10(12)8-15-6-7-16(13,14)9-4-2-1-3-5-9;11-10(12)7-4-8-15(13,14)9-5-2-1-3-6-9/h1-8H,9-10H2,(H,16,17);1-2,4-5,7-8,10H,3,6,9H2,(H,15,16);4-7H,8-9H2,1-3H3,(H,14,15);3-4,7H,5-6H2,1-2H3,(H,12,13);2-5,7H,6H2,1H3,(H,12,13);1-5H,6-8H2,(H,11,12);1-3,5-6H,4,7-8H2,(H,11,12). The Bertz CT molecular complexity index is 5810. The number of aliphatic carboxylic acids is 6. The van der Waals surface area contributed by atoms with Crippen LogP contribution in [0.1, 0.15) is 99.7 Å². The summed E-state index contributed by atoms with van der Waals surface area (Å²) in [6, 6.07) is 57.2. The minimum atomic E-state index is -3.59. The van der Waals surface area contributed by atoms with E-state index in [0.717, 1.165) is 45.4 Å². The minimum Gasteiger partial charge on any atom is -0.481 e. The van der Waals surface area contributed by atoms with Crippen LogP contribution in [-0.2, 0) is 103 Å². The zero-order valence-corrected chi connectivity index (χ0v) is 74.5. The predicted molar refractivity (Wildman–Crippen MR) is 462 cm³/mol. The molecule has 0 fully saturated rings. The van der Waals surface area contributed by atoms with Gasteiger partial charge in [-0.05, 0) is 170 Å². The molecule has 9 rings (SSSR count). The average molecular weight is 1870 g/mol. The van der Waals surface area contributed by atoms with E-state index in [0.29, 0.717) is 21.4 Å². The van der Waals surface area contributed by atoms with Crippen molar-refractivity contribution in [2.24, 2.45) is 0 Å². The lowest BCUT2D eigenvalue weighted by molar-refractivity contribution is -0.138. The number of aryl methyl sites for hydroxylation is 2. The van der Waals surface area contributed by atoms with Gasteiger partial charge in [0.25, 0.3) is 0 Å². The first-order valence-electron chi connectivity index (χ1n) is 36.2. The van der Waals surface area contributed by atoms with Crippen LogP contribution < -0.4 is 0 Å². The molecule has 8 aromatic carbocycles. The van der Waals surface area contributed by atoms with Gasteiger partial charge in [0.2, 0.25) is 0 Å². The number of hydrogen-bond donors (Lipinski definition) is 7. The molecule has 7 N–H and O–H groups in total. The Labute approximate surface area is 718 Å². The zero-order chi connectivity index (χ0) is 91.2. The normalized spacial score (nSPS) is 11.8. The zero-order valence-electron chi connectivity index (χ0n) is 66.4. The van der Waals surface area contributed by atoms with Crippen molar-refractivity contribution < 1.29 is 128 Å². The number of aromatic nitrogens is 1. The van der Waals surface area contributed by atoms with Crippen LogP contribution in [0.5, 0.6) is 0 Å². The summed E-state index contributed by atoms with van der Waals surface area (Å²) in [5, 5.41) is 61.5. The number of halogens is 1. The summed E-state index contributed by atoms with van der Waals surface area (Å²) in [7, 11) is -23.9. The molecule has 9 aromatic rings. The smallest absolute Gasteiger partial charge is 0.338 e. The maximum absolute atomic E-state index is 12.1. The third-order valence-corrected chi connectivity index (χ3v) is 31.9. The molecule has 121 heavy (non-hydrogen) atoms. The molecule has 0 spiro atoms. The van der Waals surface area contributed by atoms with Gasteiger partial charge in [-0.25, -0.2) is 68.7 Å². The molecule has 0 aliphatic rings. The van der Waals surface area contributed by atoms with Crippen LogP contribution in [0.3, 0.4) is 0 Å². The van der Waals surface area contributed by atoms with Gasteiger partial charge >= 0.3 is 41.8 Å². The SMILES string of the molecule is CC(C)(C)c1ccc(S(=O)(=O)CCC(=O)O)cc1.CC(CC(=O)O)S(=O)(=O)c1ccc(Cl)cc1.Cc1ccc(C)c(S(=O)(=O)CCC(=O)O)c1.O=C(O)CCCS(=O)(=O)c1ccc2ccccc2c1.O=C(O)CCCS(=O)(=O)c1ccccc1.O=C(O)CSCCS(=O)(=O)c1ccccc1.O=C(O)c1cccnc1SCCS(=O)(=O)c1ccccc1. The number of benzene rings is 8. The van der Waals surface area contributed by atoms with Crippen molar-refractivity contribution in [2.45, 2.75) is 136 Å². The maximum atomic E-state index is 12.1. The molecular weight excluding hydrogens is 1770 g/mol. The fourth-order valence-corrected chi connectivity index (χ4v) is 22.0. The quantitative estimate of drug-likeness (QED) is 0.0145. The average Bonchev–Trinajstić information content (AvgIpc) is 0.815. The topological polar surface area (TPSA) is 513 Å². The molecular formula is C82H94ClNO28S9. The number of hydrogen-bond acceptors (Lipinski definition) is 24. The van der Waals surface area contributed by atoms with E-state index >= 15 is 0 Å². The summed E-state index contributed by atoms with van der Waals surface area (Å²) in [6.07, 6.45) is 0.362. The lowest BCUT2D eigenvalue weighted by Crippen LogP contribution is -2.21. The van der Waals surface area contributed by atoms with E-state index in [4.69, 9.17) is 47.3 Å². The number of sulfone groups is 7. The molecule has 1 heterocycles. The second-order valence-corrected chi connectivity index (χ2v) is 44.7. The summed E-state index contributed by atoms with van der Waals surface area (Å²) in [4.78, 5) is 78.6. The molecule has 1 aromatic heterocycles. The van der Waals surface area contributed by atoms with Gasteiger partial charge in [-0.2, -0.15) is 0 Å². The van der Waals surface area contributed by atoms with Gasteiger partial charge in [0, 0.05) is 35.6 Å². The van der Waals surface area contributed by atoms with Crippen molar-refractivity contribution in [2.75, 3.05) is 51.8 Å². The van der Waals surface area contributed by atoms with E-state index in [-0.39, 0.29) is 130 Å². The van der Waals surface area contributed by atoms with Gasteiger partial charge in [-0.1, -0.05) is 142 Å². The number of thioether (sulfide) groups is 2. The molecule has 1 unspecified atom stereocenters. The highest BCUT2D eigenvalue weighted by molar-refractivity contribution is 8.01. The number of aromatic carboxylic acids is 1. The number of carboxylic acid groups (broad SMARTS) is 7. The fraction of sp³-hybridized carbons (Fsp3) is 0.293. The third-order valence-electron chi connectivity index (χ3n) is 16.4. The minimum absolute atomic E-state index is 0.0328. The summed E-state index contributed by atoms with van der Waals surface area (Å²) in [5.74, 6) is -7.91. The summed E-state index contributed by atoms with van der Waals surface area (Å²) in [6.45, 7) is 11.0. The van der Waals surface area contributed by atoms with E-state index in [1.807, 2.05) is 51.1 Å². The van der Waals surface area contributed by atoms with Gasteiger partial charge < -0.3 is 35.7 Å². The first-order chi connectivity index (χ1) is 56.3. The van der Waals surface area contributed by atoms with Gasteiger partial charge in [0.05, 0.1) is 105 Å². The number of nitrogens with zero attached hydrogens (tertiary/aromatic N) is 1. The highest BCUT2D eigenvalue weighted by Crippen LogP contribution is 2.27. The number of carbonyl (C=O) groups is 7. The summed E-state index contributed by atoms with van der Waals surface area (Å²) >= 11 is 7.87. The van der Waals surface area contributed by atoms with Gasteiger partial charge in [0.1, 0.15) is 5.03 Å². The van der Waals surface area contributed by atoms with E-state index in [2.05, 4.69) is 4.98 Å². The third kappa shape index (κ3) is 39.2. The summed E-state index contributed by atoms with van der Waals surface area (Å²) < 4.78 is 166. The molecule has 39 heteroatoms. The summed E-state index contributed by atoms with van der Waals surface area (Å²) in [5.41, 5.74) is 2.58. The molecule has 0 amide bonds. The lowest BCUT2D eigenvalue weighted by atomic mass is 9.87. The van der Waals surface area contributed by atoms with Gasteiger partial charge in [-0.15, -0.1) is 23.5 Å². The predicted octanol–water partition coefficient (Wildman–Crippen LogP) is 13.2. The van der Waals surface area contributed by atoms with E-state index in [1.54, 1.807) is 123 Å². The van der Waals surface area contributed by atoms with Crippen molar-refractivity contribution in [1.29, 1.82) is 0 Å². The fourth-order valence-electron chi connectivity index (χ4n) is 9.88. The van der Waals surface area contributed by atoms with E-state index in [9.17, 15) is 92.5 Å². The Morgan fingerprint density at radius 1 is 0.397 bits per heavy atom. The molecule has 0 saturated heterocycles. The van der Waals surface area contributed by atoms with E-state index < -0.39 is 122 Å². The number of pyridine rings is 1. The molecule has 1 atom stereocenters. The number of fused-ring (bicyclic) bond motifs is 1. The Morgan fingerprint density at radius 3 is 1.25 bits per heavy atom. The second kappa shape index (κ2) is 49.9. The van der Waals surface area contributed by atoms with Crippen LogP contribution in [0.15, 0.2) is 258 Å². The maximum Gasteiger partial charge on any atom is 0.338 e. The van der Waals surface area contributed by atoms with Crippen LogP contribution in [0.2, 0.25) is 5.02 Å². The van der Waals surface area contributed by atoms with Crippen LogP contribution in [-0.4, -0.2) is 198 Å². The molecule has 29 nitrogen and oxygen atoms in total. The first kappa shape index (κ1) is 105. The highest BCUT2D eigenvalue weighted by atomic mass is 35.5.